The lowest BCUT2D eigenvalue weighted by Gasteiger charge is -2.41. The highest BCUT2D eigenvalue weighted by atomic mass is 15.2. The zero-order valence-electron chi connectivity index (χ0n) is 13.3. The lowest BCUT2D eigenvalue weighted by molar-refractivity contribution is 0.0731. The molecule has 2 N–H and O–H groups in total. The Labute approximate surface area is 129 Å². The molecule has 0 radical (unpaired) electrons. The highest BCUT2D eigenvalue weighted by molar-refractivity contribution is 5.40. The van der Waals surface area contributed by atoms with E-state index in [4.69, 9.17) is 5.73 Å². The Kier molecular flexibility index (Phi) is 5.18. The summed E-state index contributed by atoms with van der Waals surface area (Å²) in [5.74, 6) is 0. The van der Waals surface area contributed by atoms with Gasteiger partial charge < -0.3 is 5.73 Å². The summed E-state index contributed by atoms with van der Waals surface area (Å²) in [6, 6.07) is 10.1. The summed E-state index contributed by atoms with van der Waals surface area (Å²) in [5, 5.41) is 0. The van der Waals surface area contributed by atoms with Crippen LogP contribution in [0.3, 0.4) is 0 Å². The summed E-state index contributed by atoms with van der Waals surface area (Å²) >= 11 is 0. The van der Waals surface area contributed by atoms with Crippen molar-refractivity contribution >= 4 is 5.69 Å². The second-order valence-electron chi connectivity index (χ2n) is 7.00. The van der Waals surface area contributed by atoms with Crippen LogP contribution in [0.15, 0.2) is 24.3 Å². The summed E-state index contributed by atoms with van der Waals surface area (Å²) in [4.78, 5) is 2.84. The quantitative estimate of drug-likeness (QED) is 0.810. The van der Waals surface area contributed by atoms with Crippen LogP contribution in [0.5, 0.6) is 0 Å². The van der Waals surface area contributed by atoms with Crippen LogP contribution in [0, 0.1) is 0 Å². The molecule has 0 spiro atoms. The number of hydrogen-bond acceptors (Lipinski definition) is 2. The average molecular weight is 286 g/mol. The highest BCUT2D eigenvalue weighted by Gasteiger charge is 2.28. The van der Waals surface area contributed by atoms with Crippen LogP contribution < -0.4 is 5.73 Å². The first-order valence-corrected chi connectivity index (χ1v) is 8.93. The molecule has 0 amide bonds. The second kappa shape index (κ2) is 7.31. The molecule has 2 saturated carbocycles. The SMILES string of the molecule is Nc1cccc(CN(C2CCCCC2)C2CCCCC2)c1. The molecule has 0 heterocycles. The predicted octanol–water partition coefficient (Wildman–Crippen LogP) is 4.74. The van der Waals surface area contributed by atoms with Gasteiger partial charge in [-0.1, -0.05) is 50.7 Å². The number of rotatable bonds is 4. The van der Waals surface area contributed by atoms with Gasteiger partial charge in [-0.2, -0.15) is 0 Å². The van der Waals surface area contributed by atoms with Crippen molar-refractivity contribution in [1.82, 2.24) is 4.90 Å². The Morgan fingerprint density at radius 2 is 1.43 bits per heavy atom. The number of hydrogen-bond donors (Lipinski definition) is 1. The minimum absolute atomic E-state index is 0.809. The van der Waals surface area contributed by atoms with Gasteiger partial charge >= 0.3 is 0 Å². The lowest BCUT2D eigenvalue weighted by atomic mass is 9.88. The Hall–Kier alpha value is -1.02. The summed E-state index contributed by atoms with van der Waals surface area (Å²) < 4.78 is 0. The highest BCUT2D eigenvalue weighted by Crippen LogP contribution is 2.31. The van der Waals surface area contributed by atoms with E-state index in [9.17, 15) is 0 Å². The molecule has 2 aliphatic carbocycles. The molecule has 2 heteroatoms. The first-order valence-electron chi connectivity index (χ1n) is 8.93. The first-order chi connectivity index (χ1) is 10.3. The molecule has 2 fully saturated rings. The van der Waals surface area contributed by atoms with Crippen molar-refractivity contribution in [3.8, 4) is 0 Å². The molecule has 0 saturated heterocycles. The zero-order chi connectivity index (χ0) is 14.5. The van der Waals surface area contributed by atoms with E-state index in [1.807, 2.05) is 6.07 Å². The Balaban J connectivity index is 1.73. The third-order valence-electron chi connectivity index (χ3n) is 5.40. The van der Waals surface area contributed by atoms with Gasteiger partial charge in [0.15, 0.2) is 0 Å². The minimum atomic E-state index is 0.809. The van der Waals surface area contributed by atoms with Gasteiger partial charge in [-0.05, 0) is 43.4 Å². The lowest BCUT2D eigenvalue weighted by Crippen LogP contribution is -2.44. The van der Waals surface area contributed by atoms with E-state index in [2.05, 4.69) is 23.1 Å². The number of nitrogens with zero attached hydrogens (tertiary/aromatic N) is 1. The van der Waals surface area contributed by atoms with Crippen molar-refractivity contribution < 1.29 is 0 Å². The van der Waals surface area contributed by atoms with Gasteiger partial charge in [-0.25, -0.2) is 0 Å². The van der Waals surface area contributed by atoms with Crippen LogP contribution in [0.1, 0.15) is 69.8 Å². The van der Waals surface area contributed by atoms with Crippen LogP contribution in [0.4, 0.5) is 5.69 Å². The Morgan fingerprint density at radius 3 is 1.95 bits per heavy atom. The second-order valence-corrected chi connectivity index (χ2v) is 7.00. The number of anilines is 1. The molecular weight excluding hydrogens is 256 g/mol. The normalized spacial score (nSPS) is 21.8. The monoisotopic (exact) mass is 286 g/mol. The molecule has 21 heavy (non-hydrogen) atoms. The molecule has 3 rings (SSSR count). The molecular formula is C19H30N2. The maximum Gasteiger partial charge on any atom is 0.0317 e. The summed E-state index contributed by atoms with van der Waals surface area (Å²) in [6.07, 6.45) is 14.2. The van der Waals surface area contributed by atoms with Gasteiger partial charge in [-0.15, -0.1) is 0 Å². The van der Waals surface area contributed by atoms with Crippen LogP contribution in [-0.2, 0) is 6.54 Å². The fraction of sp³-hybridized carbons (Fsp3) is 0.684. The maximum absolute atomic E-state index is 5.97. The van der Waals surface area contributed by atoms with Gasteiger partial charge in [0, 0.05) is 24.3 Å². The van der Waals surface area contributed by atoms with Crippen LogP contribution >= 0.6 is 0 Å². The van der Waals surface area contributed by atoms with Crippen LogP contribution in [-0.4, -0.2) is 17.0 Å². The van der Waals surface area contributed by atoms with E-state index in [1.165, 1.54) is 69.8 Å². The molecule has 0 bridgehead atoms. The van der Waals surface area contributed by atoms with Gasteiger partial charge in [0.05, 0.1) is 0 Å². The largest absolute Gasteiger partial charge is 0.399 e. The smallest absolute Gasteiger partial charge is 0.0317 e. The van der Waals surface area contributed by atoms with Gasteiger partial charge in [-0.3, -0.25) is 4.90 Å². The van der Waals surface area contributed by atoms with E-state index in [0.29, 0.717) is 0 Å². The fourth-order valence-electron chi connectivity index (χ4n) is 4.28. The van der Waals surface area contributed by atoms with Crippen molar-refractivity contribution in [2.45, 2.75) is 82.8 Å². The van der Waals surface area contributed by atoms with Gasteiger partial charge in [0.2, 0.25) is 0 Å². The molecule has 116 valence electrons. The van der Waals surface area contributed by atoms with Crippen molar-refractivity contribution in [2.75, 3.05) is 5.73 Å². The third kappa shape index (κ3) is 4.00. The molecule has 0 aromatic heterocycles. The molecule has 2 nitrogen and oxygen atoms in total. The number of nitrogens with two attached hydrogens (primary N) is 1. The Morgan fingerprint density at radius 1 is 0.857 bits per heavy atom. The number of benzene rings is 1. The van der Waals surface area contributed by atoms with Crippen molar-refractivity contribution in [3.05, 3.63) is 29.8 Å². The molecule has 2 aliphatic rings. The van der Waals surface area contributed by atoms with E-state index < -0.39 is 0 Å². The molecule has 1 aromatic carbocycles. The fourth-order valence-corrected chi connectivity index (χ4v) is 4.28. The van der Waals surface area contributed by atoms with Crippen molar-refractivity contribution in [3.63, 3.8) is 0 Å². The maximum atomic E-state index is 5.97. The summed E-state index contributed by atoms with van der Waals surface area (Å²) in [5.41, 5.74) is 8.27. The standard InChI is InChI=1S/C19H30N2/c20-17-9-7-8-16(14-17)15-21(18-10-3-1-4-11-18)19-12-5-2-6-13-19/h7-9,14,18-19H,1-6,10-13,15,20H2. The summed E-state index contributed by atoms with van der Waals surface area (Å²) in [7, 11) is 0. The van der Waals surface area contributed by atoms with Crippen LogP contribution in [0.25, 0.3) is 0 Å². The molecule has 0 atom stereocenters. The first kappa shape index (κ1) is 14.9. The van der Waals surface area contributed by atoms with Gasteiger partial charge in [0.1, 0.15) is 0 Å². The Bertz CT molecular complexity index is 413. The average Bonchev–Trinajstić information content (AvgIpc) is 2.54. The van der Waals surface area contributed by atoms with Crippen LogP contribution in [0.2, 0.25) is 0 Å². The van der Waals surface area contributed by atoms with E-state index >= 15 is 0 Å². The molecule has 0 aliphatic heterocycles. The summed E-state index contributed by atoms with van der Waals surface area (Å²) in [6.45, 7) is 1.10. The minimum Gasteiger partial charge on any atom is -0.399 e. The predicted molar refractivity (Wildman–Crippen MR) is 90.1 cm³/mol. The van der Waals surface area contributed by atoms with Crippen molar-refractivity contribution in [2.24, 2.45) is 0 Å². The third-order valence-corrected chi connectivity index (χ3v) is 5.40. The van der Waals surface area contributed by atoms with E-state index in [0.717, 1.165) is 24.3 Å². The van der Waals surface area contributed by atoms with Crippen molar-refractivity contribution in [1.29, 1.82) is 0 Å². The molecule has 1 aromatic rings. The van der Waals surface area contributed by atoms with E-state index in [1.54, 1.807) is 0 Å². The molecule has 0 unspecified atom stereocenters. The van der Waals surface area contributed by atoms with Gasteiger partial charge in [0.25, 0.3) is 0 Å². The topological polar surface area (TPSA) is 29.3 Å². The number of nitrogen functional groups attached to an aromatic ring is 1. The van der Waals surface area contributed by atoms with E-state index in [-0.39, 0.29) is 0 Å². The zero-order valence-corrected chi connectivity index (χ0v) is 13.3.